The predicted octanol–water partition coefficient (Wildman–Crippen LogP) is 3.34. The number of hydrogen-bond acceptors (Lipinski definition) is 4. The van der Waals surface area contributed by atoms with Gasteiger partial charge in [-0.25, -0.2) is 0 Å². The van der Waals surface area contributed by atoms with E-state index in [1.165, 1.54) is 16.0 Å². The SMILES string of the molecule is O=C1Cc2sccc2C2(CCN(Cc3ccccc3)CC2)O1. The van der Waals surface area contributed by atoms with Crippen LogP contribution in [0, 0.1) is 0 Å². The van der Waals surface area contributed by atoms with E-state index in [9.17, 15) is 4.79 Å². The topological polar surface area (TPSA) is 29.5 Å². The van der Waals surface area contributed by atoms with Gasteiger partial charge in [0.1, 0.15) is 5.60 Å². The number of piperidine rings is 1. The molecule has 0 unspecified atom stereocenters. The van der Waals surface area contributed by atoms with E-state index >= 15 is 0 Å². The third-order valence-electron chi connectivity index (χ3n) is 4.76. The van der Waals surface area contributed by atoms with Crippen molar-refractivity contribution in [1.82, 2.24) is 4.90 Å². The van der Waals surface area contributed by atoms with Crippen molar-refractivity contribution < 1.29 is 9.53 Å². The minimum atomic E-state index is -0.363. The van der Waals surface area contributed by atoms with Gasteiger partial charge in [0.25, 0.3) is 0 Å². The summed E-state index contributed by atoms with van der Waals surface area (Å²) in [5.74, 6) is -0.0635. The molecule has 1 saturated heterocycles. The highest BCUT2D eigenvalue weighted by Gasteiger charge is 2.44. The molecule has 1 spiro atoms. The largest absolute Gasteiger partial charge is 0.454 e. The summed E-state index contributed by atoms with van der Waals surface area (Å²) >= 11 is 1.69. The molecule has 0 atom stereocenters. The minimum absolute atomic E-state index is 0.0635. The van der Waals surface area contributed by atoms with Crippen LogP contribution in [-0.4, -0.2) is 24.0 Å². The van der Waals surface area contributed by atoms with E-state index in [1.807, 2.05) is 6.07 Å². The molecule has 4 rings (SSSR count). The van der Waals surface area contributed by atoms with Gasteiger partial charge in [0.05, 0.1) is 6.42 Å². The molecular weight excluding hydrogens is 294 g/mol. The molecule has 0 radical (unpaired) electrons. The van der Waals surface area contributed by atoms with E-state index < -0.39 is 0 Å². The Morgan fingerprint density at radius 3 is 2.68 bits per heavy atom. The van der Waals surface area contributed by atoms with E-state index in [-0.39, 0.29) is 11.6 Å². The van der Waals surface area contributed by atoms with Crippen LogP contribution in [0.3, 0.4) is 0 Å². The zero-order valence-electron chi connectivity index (χ0n) is 12.5. The molecule has 0 N–H and O–H groups in total. The molecule has 2 aromatic rings. The standard InChI is InChI=1S/C18H19NO2S/c20-17-12-16-15(6-11-22-16)18(21-17)7-9-19(10-8-18)13-14-4-2-1-3-5-14/h1-6,11H,7-10,12-13H2. The summed E-state index contributed by atoms with van der Waals surface area (Å²) < 4.78 is 5.84. The molecule has 0 amide bonds. The number of thiophene rings is 1. The van der Waals surface area contributed by atoms with E-state index in [0.717, 1.165) is 32.5 Å². The minimum Gasteiger partial charge on any atom is -0.454 e. The van der Waals surface area contributed by atoms with Crippen LogP contribution in [0.2, 0.25) is 0 Å². The maximum Gasteiger partial charge on any atom is 0.312 e. The third kappa shape index (κ3) is 2.46. The van der Waals surface area contributed by atoms with Gasteiger partial charge in [-0.1, -0.05) is 30.3 Å². The van der Waals surface area contributed by atoms with E-state index in [2.05, 4.69) is 40.6 Å². The van der Waals surface area contributed by atoms with Crippen molar-refractivity contribution >= 4 is 17.3 Å². The normalized spacial score (nSPS) is 20.6. The Balaban J connectivity index is 1.49. The fourth-order valence-corrected chi connectivity index (χ4v) is 4.56. The Morgan fingerprint density at radius 2 is 1.91 bits per heavy atom. The summed E-state index contributed by atoms with van der Waals surface area (Å²) in [6.07, 6.45) is 2.24. The van der Waals surface area contributed by atoms with Crippen LogP contribution < -0.4 is 0 Å². The fourth-order valence-electron chi connectivity index (χ4n) is 3.61. The van der Waals surface area contributed by atoms with E-state index in [0.29, 0.717) is 6.42 Å². The first-order valence-electron chi connectivity index (χ1n) is 7.80. The van der Waals surface area contributed by atoms with Crippen molar-refractivity contribution in [2.75, 3.05) is 13.1 Å². The first-order chi connectivity index (χ1) is 10.8. The predicted molar refractivity (Wildman–Crippen MR) is 86.7 cm³/mol. The van der Waals surface area contributed by atoms with Crippen molar-refractivity contribution in [2.24, 2.45) is 0 Å². The van der Waals surface area contributed by atoms with Gasteiger partial charge >= 0.3 is 5.97 Å². The number of carbonyl (C=O) groups is 1. The van der Waals surface area contributed by atoms with Crippen molar-refractivity contribution in [3.05, 3.63) is 57.8 Å². The molecule has 2 aliphatic heterocycles. The van der Waals surface area contributed by atoms with Crippen LogP contribution >= 0.6 is 11.3 Å². The van der Waals surface area contributed by atoms with Gasteiger partial charge in [0, 0.05) is 42.9 Å². The lowest BCUT2D eigenvalue weighted by Gasteiger charge is -2.43. The lowest BCUT2D eigenvalue weighted by Crippen LogP contribution is -2.47. The van der Waals surface area contributed by atoms with Crippen LogP contribution in [0.15, 0.2) is 41.8 Å². The number of hydrogen-bond donors (Lipinski definition) is 0. The van der Waals surface area contributed by atoms with Crippen LogP contribution in [0.5, 0.6) is 0 Å². The van der Waals surface area contributed by atoms with Gasteiger partial charge in [-0.15, -0.1) is 11.3 Å². The quantitative estimate of drug-likeness (QED) is 0.797. The summed E-state index contributed by atoms with van der Waals surface area (Å²) in [6.45, 7) is 2.91. The number of benzene rings is 1. The molecule has 3 nitrogen and oxygen atoms in total. The van der Waals surface area contributed by atoms with Crippen molar-refractivity contribution in [1.29, 1.82) is 0 Å². The number of likely N-dealkylation sites (tertiary alicyclic amines) is 1. The molecule has 0 bridgehead atoms. The smallest absolute Gasteiger partial charge is 0.312 e. The number of esters is 1. The molecule has 2 aliphatic rings. The molecule has 4 heteroatoms. The lowest BCUT2D eigenvalue weighted by atomic mass is 9.82. The van der Waals surface area contributed by atoms with Crippen molar-refractivity contribution in [3.8, 4) is 0 Å². The molecule has 3 heterocycles. The maximum atomic E-state index is 11.9. The molecule has 22 heavy (non-hydrogen) atoms. The van der Waals surface area contributed by atoms with Gasteiger partial charge in [-0.05, 0) is 17.0 Å². The number of nitrogens with zero attached hydrogens (tertiary/aromatic N) is 1. The van der Waals surface area contributed by atoms with Gasteiger partial charge in [0.2, 0.25) is 0 Å². The van der Waals surface area contributed by atoms with Gasteiger partial charge in [-0.3, -0.25) is 9.69 Å². The van der Waals surface area contributed by atoms with Crippen molar-refractivity contribution in [2.45, 2.75) is 31.4 Å². The second-order valence-electron chi connectivity index (χ2n) is 6.16. The molecule has 1 aromatic carbocycles. The highest BCUT2D eigenvalue weighted by Crippen LogP contribution is 2.43. The monoisotopic (exact) mass is 313 g/mol. The zero-order valence-corrected chi connectivity index (χ0v) is 13.3. The number of carbonyl (C=O) groups excluding carboxylic acids is 1. The van der Waals surface area contributed by atoms with Crippen molar-refractivity contribution in [3.63, 3.8) is 0 Å². The van der Waals surface area contributed by atoms with E-state index in [4.69, 9.17) is 4.74 Å². The molecule has 1 fully saturated rings. The maximum absolute atomic E-state index is 11.9. The van der Waals surface area contributed by atoms with Gasteiger partial charge < -0.3 is 4.74 Å². The molecule has 0 saturated carbocycles. The Hall–Kier alpha value is -1.65. The highest BCUT2D eigenvalue weighted by atomic mass is 32.1. The average Bonchev–Trinajstić information content (AvgIpc) is 3.00. The van der Waals surface area contributed by atoms with Gasteiger partial charge in [0.15, 0.2) is 0 Å². The number of fused-ring (bicyclic) bond motifs is 2. The van der Waals surface area contributed by atoms with Crippen LogP contribution in [-0.2, 0) is 28.1 Å². The molecule has 114 valence electrons. The van der Waals surface area contributed by atoms with Crippen LogP contribution in [0.4, 0.5) is 0 Å². The number of rotatable bonds is 2. The second-order valence-corrected chi connectivity index (χ2v) is 7.17. The second kappa shape index (κ2) is 5.52. The summed E-state index contributed by atoms with van der Waals surface area (Å²) in [5.41, 5.74) is 2.24. The first-order valence-corrected chi connectivity index (χ1v) is 8.68. The fraction of sp³-hybridized carbons (Fsp3) is 0.389. The van der Waals surface area contributed by atoms with Crippen LogP contribution in [0.1, 0.15) is 28.8 Å². The Kier molecular flexibility index (Phi) is 3.51. The van der Waals surface area contributed by atoms with E-state index in [1.54, 1.807) is 11.3 Å². The summed E-state index contributed by atoms with van der Waals surface area (Å²) in [5, 5.41) is 2.09. The van der Waals surface area contributed by atoms with Gasteiger partial charge in [-0.2, -0.15) is 0 Å². The average molecular weight is 313 g/mol. The highest BCUT2D eigenvalue weighted by molar-refractivity contribution is 7.10. The Bertz CT molecular complexity index is 671. The van der Waals surface area contributed by atoms with Crippen LogP contribution in [0.25, 0.3) is 0 Å². The molecular formula is C18H19NO2S. The zero-order chi connectivity index (χ0) is 15.0. The summed E-state index contributed by atoms with van der Waals surface area (Å²) in [6, 6.07) is 12.7. The Labute approximate surface area is 134 Å². The lowest BCUT2D eigenvalue weighted by molar-refractivity contribution is -0.169. The Morgan fingerprint density at radius 1 is 1.14 bits per heavy atom. The number of ether oxygens (including phenoxy) is 1. The first kappa shape index (κ1) is 14.0. The molecule has 0 aliphatic carbocycles. The molecule has 1 aromatic heterocycles. The summed E-state index contributed by atoms with van der Waals surface area (Å²) in [4.78, 5) is 15.6. The summed E-state index contributed by atoms with van der Waals surface area (Å²) in [7, 11) is 0. The third-order valence-corrected chi connectivity index (χ3v) is 5.68.